The van der Waals surface area contributed by atoms with E-state index in [1.807, 2.05) is 0 Å². The van der Waals surface area contributed by atoms with Gasteiger partial charge in [0.15, 0.2) is 0 Å². The van der Waals surface area contributed by atoms with Crippen LogP contribution in [0.5, 0.6) is 0 Å². The predicted molar refractivity (Wildman–Crippen MR) is 87.3 cm³/mol. The molecule has 4 atom stereocenters. The second kappa shape index (κ2) is 6.95. The summed E-state index contributed by atoms with van der Waals surface area (Å²) >= 11 is 0. The van der Waals surface area contributed by atoms with Crippen LogP contribution in [0.3, 0.4) is 0 Å². The fourth-order valence-electron chi connectivity index (χ4n) is 3.54. The predicted octanol–water partition coefficient (Wildman–Crippen LogP) is 6.47. The van der Waals surface area contributed by atoms with Crippen LogP contribution in [0.1, 0.15) is 80.1 Å². The molecule has 0 heterocycles. The summed E-state index contributed by atoms with van der Waals surface area (Å²) in [5, 5.41) is 0. The Balaban J connectivity index is 2.40. The second-order valence-electron chi connectivity index (χ2n) is 7.88. The molecule has 0 heteroatoms. The smallest absolute Gasteiger partial charge is 0.0200 e. The maximum absolute atomic E-state index is 4.16. The first-order valence-corrected chi connectivity index (χ1v) is 8.47. The first-order valence-electron chi connectivity index (χ1n) is 8.47. The van der Waals surface area contributed by atoms with Crippen molar-refractivity contribution in [2.45, 2.75) is 80.1 Å². The molecule has 112 valence electrons. The van der Waals surface area contributed by atoms with Crippen molar-refractivity contribution in [1.82, 2.24) is 0 Å². The SMILES string of the molecule is C=C1CC(C(C)C(C)(C)CCC(C)CCCC)C1C. The first-order chi connectivity index (χ1) is 8.79. The largest absolute Gasteiger partial charge is 0.0996 e. The van der Waals surface area contributed by atoms with E-state index in [4.69, 9.17) is 0 Å². The highest BCUT2D eigenvalue weighted by atomic mass is 14.5. The maximum Gasteiger partial charge on any atom is -0.0200 e. The molecule has 1 fully saturated rings. The minimum atomic E-state index is 0.486. The Morgan fingerprint density at radius 2 is 1.89 bits per heavy atom. The van der Waals surface area contributed by atoms with Crippen LogP contribution < -0.4 is 0 Å². The number of allylic oxidation sites excluding steroid dienone is 1. The Morgan fingerprint density at radius 1 is 1.26 bits per heavy atom. The Labute approximate surface area is 122 Å². The molecular formula is C19H36. The van der Waals surface area contributed by atoms with E-state index in [-0.39, 0.29) is 0 Å². The summed E-state index contributed by atoms with van der Waals surface area (Å²) in [5.41, 5.74) is 1.96. The Bertz CT molecular complexity index is 286. The monoisotopic (exact) mass is 264 g/mol. The van der Waals surface area contributed by atoms with Gasteiger partial charge in [-0.25, -0.2) is 0 Å². The van der Waals surface area contributed by atoms with E-state index in [0.29, 0.717) is 5.41 Å². The van der Waals surface area contributed by atoms with Crippen LogP contribution in [-0.2, 0) is 0 Å². The van der Waals surface area contributed by atoms with E-state index in [9.17, 15) is 0 Å². The third kappa shape index (κ3) is 4.36. The Morgan fingerprint density at radius 3 is 2.37 bits per heavy atom. The normalized spacial score (nSPS) is 26.9. The van der Waals surface area contributed by atoms with Crippen LogP contribution in [0.25, 0.3) is 0 Å². The summed E-state index contributed by atoms with van der Waals surface area (Å²) in [6, 6.07) is 0. The van der Waals surface area contributed by atoms with Crippen molar-refractivity contribution in [1.29, 1.82) is 0 Å². The molecule has 0 radical (unpaired) electrons. The lowest BCUT2D eigenvalue weighted by Crippen LogP contribution is -2.38. The second-order valence-corrected chi connectivity index (χ2v) is 7.88. The highest BCUT2D eigenvalue weighted by Gasteiger charge is 2.41. The van der Waals surface area contributed by atoms with Crippen molar-refractivity contribution in [3.63, 3.8) is 0 Å². The molecule has 19 heavy (non-hydrogen) atoms. The van der Waals surface area contributed by atoms with Crippen molar-refractivity contribution < 1.29 is 0 Å². The van der Waals surface area contributed by atoms with Gasteiger partial charge in [0.2, 0.25) is 0 Å². The van der Waals surface area contributed by atoms with Crippen molar-refractivity contribution >= 4 is 0 Å². The Hall–Kier alpha value is -0.260. The highest BCUT2D eigenvalue weighted by Crippen LogP contribution is 2.50. The number of hydrogen-bond acceptors (Lipinski definition) is 0. The van der Waals surface area contributed by atoms with Gasteiger partial charge < -0.3 is 0 Å². The van der Waals surface area contributed by atoms with Crippen molar-refractivity contribution in [2.75, 3.05) is 0 Å². The average molecular weight is 264 g/mol. The van der Waals surface area contributed by atoms with Gasteiger partial charge in [0.05, 0.1) is 0 Å². The van der Waals surface area contributed by atoms with Crippen LogP contribution >= 0.6 is 0 Å². The summed E-state index contributed by atoms with van der Waals surface area (Å²) < 4.78 is 0. The van der Waals surface area contributed by atoms with Crippen LogP contribution in [0.15, 0.2) is 12.2 Å². The van der Waals surface area contributed by atoms with Gasteiger partial charge in [-0.3, -0.25) is 0 Å². The molecule has 0 N–H and O–H groups in total. The molecule has 0 amide bonds. The summed E-state index contributed by atoms with van der Waals surface area (Å²) in [6.07, 6.45) is 8.21. The van der Waals surface area contributed by atoms with E-state index in [0.717, 1.165) is 23.7 Å². The zero-order valence-electron chi connectivity index (χ0n) is 14.3. The van der Waals surface area contributed by atoms with E-state index < -0.39 is 0 Å². The summed E-state index contributed by atoms with van der Waals surface area (Å²) in [5.74, 6) is 3.37. The van der Waals surface area contributed by atoms with Crippen LogP contribution in [-0.4, -0.2) is 0 Å². The van der Waals surface area contributed by atoms with Gasteiger partial charge in [0.25, 0.3) is 0 Å². The van der Waals surface area contributed by atoms with Crippen LogP contribution in [0, 0.1) is 29.1 Å². The van der Waals surface area contributed by atoms with Crippen molar-refractivity contribution in [2.24, 2.45) is 29.1 Å². The van der Waals surface area contributed by atoms with Gasteiger partial charge in [0, 0.05) is 0 Å². The highest BCUT2D eigenvalue weighted by molar-refractivity contribution is 5.14. The molecule has 4 unspecified atom stereocenters. The molecule has 1 saturated carbocycles. The van der Waals surface area contributed by atoms with E-state index >= 15 is 0 Å². The topological polar surface area (TPSA) is 0 Å². The summed E-state index contributed by atoms with van der Waals surface area (Å²) in [6.45, 7) is 18.7. The standard InChI is InChI=1S/C19H36/c1-8-9-10-14(2)11-12-19(6,7)17(5)18-13-15(3)16(18)4/h14,16-18H,3,8-13H2,1-2,4-7H3. The lowest BCUT2D eigenvalue weighted by molar-refractivity contribution is 0.0775. The fourth-order valence-corrected chi connectivity index (χ4v) is 3.54. The lowest BCUT2D eigenvalue weighted by Gasteiger charge is -2.47. The van der Waals surface area contributed by atoms with Gasteiger partial charge in [-0.15, -0.1) is 0 Å². The Kier molecular flexibility index (Phi) is 6.15. The van der Waals surface area contributed by atoms with Crippen molar-refractivity contribution in [3.05, 3.63) is 12.2 Å². The third-order valence-corrected chi connectivity index (χ3v) is 5.99. The molecule has 0 aromatic carbocycles. The van der Waals surface area contributed by atoms with Gasteiger partial charge in [-0.05, 0) is 41.9 Å². The molecule has 1 rings (SSSR count). The van der Waals surface area contributed by atoms with Crippen LogP contribution in [0.4, 0.5) is 0 Å². The number of unbranched alkanes of at least 4 members (excludes halogenated alkanes) is 1. The molecule has 0 aromatic rings. The molecule has 0 spiro atoms. The molecule has 0 bridgehead atoms. The molecular weight excluding hydrogens is 228 g/mol. The van der Waals surface area contributed by atoms with Crippen molar-refractivity contribution in [3.8, 4) is 0 Å². The quantitative estimate of drug-likeness (QED) is 0.441. The third-order valence-electron chi connectivity index (χ3n) is 5.99. The molecule has 0 nitrogen and oxygen atoms in total. The van der Waals surface area contributed by atoms with E-state index in [1.54, 1.807) is 0 Å². The first kappa shape index (κ1) is 16.8. The summed E-state index contributed by atoms with van der Waals surface area (Å²) in [7, 11) is 0. The molecule has 0 aromatic heterocycles. The van der Waals surface area contributed by atoms with Gasteiger partial charge >= 0.3 is 0 Å². The van der Waals surface area contributed by atoms with Gasteiger partial charge in [-0.1, -0.05) is 79.4 Å². The van der Waals surface area contributed by atoms with Crippen LogP contribution in [0.2, 0.25) is 0 Å². The number of hydrogen-bond donors (Lipinski definition) is 0. The molecule has 0 aliphatic heterocycles. The van der Waals surface area contributed by atoms with E-state index in [2.05, 4.69) is 48.1 Å². The minimum absolute atomic E-state index is 0.486. The van der Waals surface area contributed by atoms with Gasteiger partial charge in [0.1, 0.15) is 0 Å². The molecule has 0 saturated heterocycles. The van der Waals surface area contributed by atoms with Gasteiger partial charge in [-0.2, -0.15) is 0 Å². The lowest BCUT2D eigenvalue weighted by atomic mass is 9.58. The zero-order chi connectivity index (χ0) is 14.6. The minimum Gasteiger partial charge on any atom is -0.0996 e. The maximum atomic E-state index is 4.16. The summed E-state index contributed by atoms with van der Waals surface area (Å²) in [4.78, 5) is 0. The molecule has 1 aliphatic carbocycles. The molecule has 1 aliphatic rings. The van der Waals surface area contributed by atoms with E-state index in [1.165, 1.54) is 44.1 Å². The zero-order valence-corrected chi connectivity index (χ0v) is 14.3. The number of rotatable bonds is 8. The fraction of sp³-hybridized carbons (Fsp3) is 0.895. The average Bonchev–Trinajstić information content (AvgIpc) is 2.38.